The maximum Gasteiger partial charge on any atom is 0.305 e. The average Bonchev–Trinajstić information content (AvgIpc) is 2.59. The monoisotopic (exact) mass is 370 g/mol. The summed E-state index contributed by atoms with van der Waals surface area (Å²) in [5.74, 6) is 0.559. The molecule has 0 aromatic carbocycles. The molecule has 0 spiro atoms. The molecule has 156 valence electrons. The Balaban J connectivity index is 3.24. The number of esters is 1. The fourth-order valence-electron chi connectivity index (χ4n) is 3.14. The van der Waals surface area contributed by atoms with E-state index in [0.717, 1.165) is 38.5 Å². The first-order valence-electron chi connectivity index (χ1n) is 11.4. The predicted molar refractivity (Wildman–Crippen MR) is 111 cm³/mol. The Labute approximate surface area is 163 Å². The third-order valence-electron chi connectivity index (χ3n) is 5.02. The van der Waals surface area contributed by atoms with Gasteiger partial charge in [-0.05, 0) is 31.6 Å². The highest BCUT2D eigenvalue weighted by Gasteiger charge is 2.05. The fourth-order valence-corrected chi connectivity index (χ4v) is 3.14. The van der Waals surface area contributed by atoms with Crippen molar-refractivity contribution in [2.45, 2.75) is 130 Å². The second-order valence-corrected chi connectivity index (χ2v) is 8.27. The molecule has 1 unspecified atom stereocenters. The van der Waals surface area contributed by atoms with Crippen molar-refractivity contribution in [2.24, 2.45) is 5.92 Å². The molecule has 1 atom stereocenters. The minimum atomic E-state index is -0.0849. The molecule has 0 aliphatic carbocycles. The van der Waals surface area contributed by atoms with Gasteiger partial charge in [0.05, 0.1) is 12.7 Å². The largest absolute Gasteiger partial charge is 0.466 e. The van der Waals surface area contributed by atoms with Crippen molar-refractivity contribution < 1.29 is 14.6 Å². The Morgan fingerprint density at radius 3 is 1.81 bits per heavy atom. The van der Waals surface area contributed by atoms with Crippen molar-refractivity contribution >= 4 is 5.97 Å². The van der Waals surface area contributed by atoms with Crippen molar-refractivity contribution in [1.82, 2.24) is 0 Å². The lowest BCUT2D eigenvalue weighted by Crippen LogP contribution is -2.07. The quantitative estimate of drug-likeness (QED) is 0.201. The number of carbonyl (C=O) groups is 1. The predicted octanol–water partition coefficient (Wildman–Crippen LogP) is 6.81. The Bertz CT molecular complexity index is 302. The normalized spacial score (nSPS) is 12.5. The second kappa shape index (κ2) is 19.2. The molecular formula is C23H46O3. The lowest BCUT2D eigenvalue weighted by atomic mass is 10.0. The summed E-state index contributed by atoms with van der Waals surface area (Å²) in [5.41, 5.74) is 0. The highest BCUT2D eigenvalue weighted by Crippen LogP contribution is 2.14. The van der Waals surface area contributed by atoms with Gasteiger partial charge >= 0.3 is 5.97 Å². The maximum absolute atomic E-state index is 11.5. The van der Waals surface area contributed by atoms with Crippen LogP contribution in [0.1, 0.15) is 124 Å². The number of rotatable bonds is 19. The van der Waals surface area contributed by atoms with E-state index in [2.05, 4.69) is 20.8 Å². The number of unbranched alkanes of at least 4 members (excludes halogenated alkanes) is 10. The van der Waals surface area contributed by atoms with Gasteiger partial charge in [-0.1, -0.05) is 91.4 Å². The van der Waals surface area contributed by atoms with E-state index in [4.69, 9.17) is 4.74 Å². The average molecular weight is 371 g/mol. The maximum atomic E-state index is 11.5. The number of hydrogen-bond acceptors (Lipinski definition) is 3. The SMILES string of the molecule is CCCCCCCC(O)CCCCCCCCCC(=O)OCCC(C)C. The summed E-state index contributed by atoms with van der Waals surface area (Å²) in [4.78, 5) is 11.5. The van der Waals surface area contributed by atoms with Gasteiger partial charge < -0.3 is 9.84 Å². The van der Waals surface area contributed by atoms with Crippen LogP contribution in [0, 0.1) is 5.92 Å². The van der Waals surface area contributed by atoms with Crippen molar-refractivity contribution in [3.8, 4) is 0 Å². The summed E-state index contributed by atoms with van der Waals surface area (Å²) in [6, 6.07) is 0. The standard InChI is InChI=1S/C23H46O3/c1-4-5-6-10-13-16-22(24)17-14-11-8-7-9-12-15-18-23(25)26-20-19-21(2)3/h21-22,24H,4-20H2,1-3H3. The minimum Gasteiger partial charge on any atom is -0.466 e. The van der Waals surface area contributed by atoms with E-state index in [9.17, 15) is 9.90 Å². The van der Waals surface area contributed by atoms with E-state index in [1.807, 2.05) is 0 Å². The number of aliphatic hydroxyl groups excluding tert-OH is 1. The molecule has 3 nitrogen and oxygen atoms in total. The number of aliphatic hydroxyl groups is 1. The molecular weight excluding hydrogens is 324 g/mol. The topological polar surface area (TPSA) is 46.5 Å². The molecule has 0 aromatic heterocycles. The second-order valence-electron chi connectivity index (χ2n) is 8.27. The van der Waals surface area contributed by atoms with Gasteiger partial charge in [-0.3, -0.25) is 4.79 Å². The van der Waals surface area contributed by atoms with Crippen molar-refractivity contribution in [3.05, 3.63) is 0 Å². The van der Waals surface area contributed by atoms with Crippen LogP contribution in [0.4, 0.5) is 0 Å². The Morgan fingerprint density at radius 1 is 0.769 bits per heavy atom. The molecule has 0 rings (SSSR count). The molecule has 0 saturated heterocycles. The molecule has 0 radical (unpaired) electrons. The lowest BCUT2D eigenvalue weighted by molar-refractivity contribution is -0.144. The van der Waals surface area contributed by atoms with Crippen LogP contribution in [0.3, 0.4) is 0 Å². The molecule has 1 N–H and O–H groups in total. The summed E-state index contributed by atoms with van der Waals surface area (Å²) in [7, 11) is 0. The Hall–Kier alpha value is -0.570. The molecule has 0 heterocycles. The summed E-state index contributed by atoms with van der Waals surface area (Å²) < 4.78 is 5.22. The number of hydrogen-bond donors (Lipinski definition) is 1. The zero-order valence-corrected chi connectivity index (χ0v) is 17.9. The third kappa shape index (κ3) is 19.8. The van der Waals surface area contributed by atoms with Crippen LogP contribution in [-0.4, -0.2) is 23.8 Å². The first-order chi connectivity index (χ1) is 12.6. The van der Waals surface area contributed by atoms with Gasteiger partial charge in [-0.2, -0.15) is 0 Å². The van der Waals surface area contributed by atoms with Gasteiger partial charge in [0.2, 0.25) is 0 Å². The highest BCUT2D eigenvalue weighted by atomic mass is 16.5. The fraction of sp³-hybridized carbons (Fsp3) is 0.957. The lowest BCUT2D eigenvalue weighted by Gasteiger charge is -2.10. The zero-order valence-electron chi connectivity index (χ0n) is 17.9. The van der Waals surface area contributed by atoms with Crippen LogP contribution in [0.25, 0.3) is 0 Å². The van der Waals surface area contributed by atoms with E-state index in [1.54, 1.807) is 0 Å². The molecule has 0 amide bonds. The zero-order chi connectivity index (χ0) is 19.5. The van der Waals surface area contributed by atoms with E-state index in [1.165, 1.54) is 57.8 Å². The van der Waals surface area contributed by atoms with Gasteiger partial charge in [-0.25, -0.2) is 0 Å². The van der Waals surface area contributed by atoms with E-state index >= 15 is 0 Å². The van der Waals surface area contributed by atoms with E-state index in [0.29, 0.717) is 18.9 Å². The molecule has 0 fully saturated rings. The van der Waals surface area contributed by atoms with E-state index in [-0.39, 0.29) is 12.1 Å². The van der Waals surface area contributed by atoms with Crippen LogP contribution in [0.5, 0.6) is 0 Å². The van der Waals surface area contributed by atoms with Gasteiger partial charge in [0, 0.05) is 6.42 Å². The Morgan fingerprint density at radius 2 is 1.27 bits per heavy atom. The van der Waals surface area contributed by atoms with Crippen LogP contribution < -0.4 is 0 Å². The van der Waals surface area contributed by atoms with Crippen molar-refractivity contribution in [1.29, 1.82) is 0 Å². The van der Waals surface area contributed by atoms with Crippen LogP contribution >= 0.6 is 0 Å². The molecule has 0 saturated carbocycles. The Kier molecular flexibility index (Phi) is 18.8. The molecule has 0 aliphatic rings. The van der Waals surface area contributed by atoms with Gasteiger partial charge in [0.25, 0.3) is 0 Å². The molecule has 0 aliphatic heterocycles. The summed E-state index contributed by atoms with van der Waals surface area (Å²) in [6.07, 6.45) is 17.9. The van der Waals surface area contributed by atoms with Gasteiger partial charge in [0.1, 0.15) is 0 Å². The van der Waals surface area contributed by atoms with Crippen LogP contribution in [0.15, 0.2) is 0 Å². The summed E-state index contributed by atoms with van der Waals surface area (Å²) in [6.45, 7) is 7.09. The number of carbonyl (C=O) groups excluding carboxylic acids is 1. The van der Waals surface area contributed by atoms with E-state index < -0.39 is 0 Å². The molecule has 0 aromatic rings. The third-order valence-corrected chi connectivity index (χ3v) is 5.02. The van der Waals surface area contributed by atoms with Crippen LogP contribution in [-0.2, 0) is 9.53 Å². The smallest absolute Gasteiger partial charge is 0.305 e. The van der Waals surface area contributed by atoms with Crippen molar-refractivity contribution in [3.63, 3.8) is 0 Å². The van der Waals surface area contributed by atoms with Gasteiger partial charge in [-0.15, -0.1) is 0 Å². The molecule has 26 heavy (non-hydrogen) atoms. The molecule has 0 bridgehead atoms. The highest BCUT2D eigenvalue weighted by molar-refractivity contribution is 5.69. The van der Waals surface area contributed by atoms with Crippen molar-refractivity contribution in [2.75, 3.05) is 6.61 Å². The first kappa shape index (κ1) is 25.4. The summed E-state index contributed by atoms with van der Waals surface area (Å²) in [5, 5.41) is 9.98. The first-order valence-corrected chi connectivity index (χ1v) is 11.4. The van der Waals surface area contributed by atoms with Crippen LogP contribution in [0.2, 0.25) is 0 Å². The number of ether oxygens (including phenoxy) is 1. The minimum absolute atomic E-state index is 0.0330. The molecule has 3 heteroatoms. The summed E-state index contributed by atoms with van der Waals surface area (Å²) >= 11 is 0. The van der Waals surface area contributed by atoms with Gasteiger partial charge in [0.15, 0.2) is 0 Å².